The lowest BCUT2D eigenvalue weighted by atomic mass is 9.74. The van der Waals surface area contributed by atoms with E-state index < -0.39 is 16.9 Å². The average molecular weight is 268 g/mol. The molecule has 5 nitrogen and oxygen atoms in total. The van der Waals surface area contributed by atoms with Crippen LogP contribution in [0.5, 0.6) is 0 Å². The maximum absolute atomic E-state index is 12.3. The molecule has 0 aromatic rings. The summed E-state index contributed by atoms with van der Waals surface area (Å²) in [6.07, 6.45) is 3.70. The predicted molar refractivity (Wildman–Crippen MR) is 74.0 cm³/mol. The molecule has 0 radical (unpaired) electrons. The number of hydrogen-bond acceptors (Lipinski definition) is 2. The molecule has 2 amide bonds. The fraction of sp³-hybridized carbons (Fsp3) is 0.714. The van der Waals surface area contributed by atoms with Crippen molar-refractivity contribution in [2.75, 3.05) is 6.54 Å². The van der Waals surface area contributed by atoms with Crippen LogP contribution in [0.15, 0.2) is 12.7 Å². The third-order valence-electron chi connectivity index (χ3n) is 4.09. The number of rotatable bonds is 6. The standard InChI is InChI=1S/C14H24N2O3/c1-6-9-16(10-7-8-10)12(19)15-14(4,5)13(2,3)11(17)18/h6,10H,1,7-9H2,2-5H3,(H,15,19)(H,17,18). The van der Waals surface area contributed by atoms with E-state index in [1.54, 1.807) is 38.7 Å². The molecule has 0 heterocycles. The molecule has 1 aliphatic rings. The molecule has 2 N–H and O–H groups in total. The Morgan fingerprint density at radius 3 is 2.26 bits per heavy atom. The van der Waals surface area contributed by atoms with Gasteiger partial charge in [-0.1, -0.05) is 6.08 Å². The predicted octanol–water partition coefficient (Wildman–Crippen LogP) is 2.24. The van der Waals surface area contributed by atoms with Gasteiger partial charge in [0.15, 0.2) is 0 Å². The van der Waals surface area contributed by atoms with E-state index in [1.165, 1.54) is 0 Å². The van der Waals surface area contributed by atoms with Gasteiger partial charge in [-0.05, 0) is 40.5 Å². The van der Waals surface area contributed by atoms with Crippen molar-refractivity contribution < 1.29 is 14.7 Å². The van der Waals surface area contributed by atoms with Crippen LogP contribution in [-0.2, 0) is 4.79 Å². The van der Waals surface area contributed by atoms with Crippen molar-refractivity contribution in [2.24, 2.45) is 5.41 Å². The average Bonchev–Trinajstić information content (AvgIpc) is 3.08. The van der Waals surface area contributed by atoms with Crippen LogP contribution in [0.3, 0.4) is 0 Å². The van der Waals surface area contributed by atoms with Gasteiger partial charge in [0.1, 0.15) is 0 Å². The molecule has 0 saturated heterocycles. The minimum absolute atomic E-state index is 0.221. The Hall–Kier alpha value is -1.52. The quantitative estimate of drug-likeness (QED) is 0.726. The molecule has 108 valence electrons. The highest BCUT2D eigenvalue weighted by Crippen LogP contribution is 2.32. The SMILES string of the molecule is C=CCN(C(=O)NC(C)(C)C(C)(C)C(=O)O)C1CC1. The maximum atomic E-state index is 12.3. The minimum atomic E-state index is -1.05. The topological polar surface area (TPSA) is 69.6 Å². The molecule has 1 fully saturated rings. The summed E-state index contributed by atoms with van der Waals surface area (Å²) in [5.41, 5.74) is -1.89. The second-order valence-corrected chi connectivity index (χ2v) is 6.16. The van der Waals surface area contributed by atoms with E-state index in [1.807, 2.05) is 0 Å². The largest absolute Gasteiger partial charge is 0.481 e. The van der Waals surface area contributed by atoms with Crippen molar-refractivity contribution in [2.45, 2.75) is 52.1 Å². The lowest BCUT2D eigenvalue weighted by Gasteiger charge is -2.40. The van der Waals surface area contributed by atoms with E-state index >= 15 is 0 Å². The smallest absolute Gasteiger partial charge is 0.318 e. The van der Waals surface area contributed by atoms with Gasteiger partial charge in [0.2, 0.25) is 0 Å². The number of amides is 2. The number of carbonyl (C=O) groups excluding carboxylic acids is 1. The molecule has 0 atom stereocenters. The number of hydrogen-bond donors (Lipinski definition) is 2. The Labute approximate surface area is 114 Å². The van der Waals surface area contributed by atoms with Crippen molar-refractivity contribution in [3.8, 4) is 0 Å². The van der Waals surface area contributed by atoms with E-state index in [0.717, 1.165) is 12.8 Å². The highest BCUT2D eigenvalue weighted by Gasteiger charge is 2.45. The summed E-state index contributed by atoms with van der Waals surface area (Å²) in [4.78, 5) is 25.3. The Balaban J connectivity index is 2.78. The van der Waals surface area contributed by atoms with E-state index in [4.69, 9.17) is 0 Å². The first-order valence-electron chi connectivity index (χ1n) is 6.56. The fourth-order valence-electron chi connectivity index (χ4n) is 1.69. The van der Waals surface area contributed by atoms with Crippen molar-refractivity contribution in [3.63, 3.8) is 0 Å². The molecule has 0 unspecified atom stereocenters. The van der Waals surface area contributed by atoms with Gasteiger partial charge in [0, 0.05) is 12.6 Å². The molecule has 5 heteroatoms. The molecule has 1 rings (SSSR count). The Kier molecular flexibility index (Phi) is 4.28. The Bertz CT molecular complexity index is 384. The monoisotopic (exact) mass is 268 g/mol. The van der Waals surface area contributed by atoms with E-state index in [9.17, 15) is 14.7 Å². The summed E-state index contributed by atoms with van der Waals surface area (Å²) in [5, 5.41) is 12.1. The fourth-order valence-corrected chi connectivity index (χ4v) is 1.69. The summed E-state index contributed by atoms with van der Waals surface area (Å²) < 4.78 is 0. The molecule has 0 aromatic carbocycles. The van der Waals surface area contributed by atoms with Crippen LogP contribution in [0.4, 0.5) is 4.79 Å². The molecular weight excluding hydrogens is 244 g/mol. The highest BCUT2D eigenvalue weighted by atomic mass is 16.4. The van der Waals surface area contributed by atoms with Crippen molar-refractivity contribution in [1.82, 2.24) is 10.2 Å². The third-order valence-corrected chi connectivity index (χ3v) is 4.09. The lowest BCUT2D eigenvalue weighted by Crippen LogP contribution is -2.59. The first kappa shape index (κ1) is 15.5. The molecule has 19 heavy (non-hydrogen) atoms. The first-order chi connectivity index (χ1) is 8.63. The number of carboxylic acid groups (broad SMARTS) is 1. The molecule has 0 aromatic heterocycles. The first-order valence-corrected chi connectivity index (χ1v) is 6.56. The molecule has 0 bridgehead atoms. The van der Waals surface area contributed by atoms with Crippen LogP contribution in [0.2, 0.25) is 0 Å². The van der Waals surface area contributed by atoms with Gasteiger partial charge in [-0.3, -0.25) is 4.79 Å². The van der Waals surface area contributed by atoms with Crippen LogP contribution in [0, 0.1) is 5.41 Å². The van der Waals surface area contributed by atoms with Gasteiger partial charge in [0.05, 0.1) is 11.0 Å². The van der Waals surface area contributed by atoms with Crippen LogP contribution < -0.4 is 5.32 Å². The number of carboxylic acids is 1. The van der Waals surface area contributed by atoms with Crippen molar-refractivity contribution in [1.29, 1.82) is 0 Å². The summed E-state index contributed by atoms with van der Waals surface area (Å²) in [6.45, 7) is 10.8. The van der Waals surface area contributed by atoms with Gasteiger partial charge < -0.3 is 15.3 Å². The third kappa shape index (κ3) is 3.28. The number of nitrogens with one attached hydrogen (secondary N) is 1. The summed E-state index contributed by atoms with van der Waals surface area (Å²) in [7, 11) is 0. The normalized spacial score (nSPS) is 15.8. The van der Waals surface area contributed by atoms with Crippen LogP contribution in [-0.4, -0.2) is 40.1 Å². The zero-order valence-electron chi connectivity index (χ0n) is 12.2. The van der Waals surface area contributed by atoms with Crippen molar-refractivity contribution >= 4 is 12.0 Å². The number of aliphatic carboxylic acids is 1. The number of carbonyl (C=O) groups is 2. The maximum Gasteiger partial charge on any atom is 0.318 e. The Morgan fingerprint density at radius 2 is 1.89 bits per heavy atom. The second-order valence-electron chi connectivity index (χ2n) is 6.16. The van der Waals surface area contributed by atoms with Crippen LogP contribution in [0.25, 0.3) is 0 Å². The molecule has 1 saturated carbocycles. The zero-order chi connectivity index (χ0) is 14.8. The van der Waals surface area contributed by atoms with Crippen LogP contribution >= 0.6 is 0 Å². The van der Waals surface area contributed by atoms with Crippen LogP contribution in [0.1, 0.15) is 40.5 Å². The highest BCUT2D eigenvalue weighted by molar-refractivity contribution is 5.80. The summed E-state index contributed by atoms with van der Waals surface area (Å²) >= 11 is 0. The number of urea groups is 1. The van der Waals surface area contributed by atoms with E-state index in [0.29, 0.717) is 6.54 Å². The summed E-state index contributed by atoms with van der Waals surface area (Å²) in [6, 6.07) is 0.0449. The summed E-state index contributed by atoms with van der Waals surface area (Å²) in [5.74, 6) is -0.931. The van der Waals surface area contributed by atoms with E-state index in [-0.39, 0.29) is 12.1 Å². The molecule has 1 aliphatic carbocycles. The minimum Gasteiger partial charge on any atom is -0.481 e. The lowest BCUT2D eigenvalue weighted by molar-refractivity contribution is -0.150. The van der Waals surface area contributed by atoms with Gasteiger partial charge in [-0.15, -0.1) is 6.58 Å². The van der Waals surface area contributed by atoms with E-state index in [2.05, 4.69) is 11.9 Å². The van der Waals surface area contributed by atoms with Gasteiger partial charge in [-0.2, -0.15) is 0 Å². The van der Waals surface area contributed by atoms with Gasteiger partial charge in [0.25, 0.3) is 0 Å². The van der Waals surface area contributed by atoms with Gasteiger partial charge in [-0.25, -0.2) is 4.79 Å². The Morgan fingerprint density at radius 1 is 1.37 bits per heavy atom. The zero-order valence-corrected chi connectivity index (χ0v) is 12.2. The molecule has 0 aliphatic heterocycles. The molecular formula is C14H24N2O3. The van der Waals surface area contributed by atoms with Gasteiger partial charge >= 0.3 is 12.0 Å². The number of nitrogens with zero attached hydrogens (tertiary/aromatic N) is 1. The van der Waals surface area contributed by atoms with Crippen molar-refractivity contribution in [3.05, 3.63) is 12.7 Å². The second kappa shape index (κ2) is 5.23. The molecule has 0 spiro atoms.